The third-order valence-corrected chi connectivity index (χ3v) is 3.18. The van der Waals surface area contributed by atoms with E-state index in [0.717, 1.165) is 12.8 Å². The van der Waals surface area contributed by atoms with Crippen LogP contribution in [0.15, 0.2) is 0 Å². The van der Waals surface area contributed by atoms with Gasteiger partial charge in [0, 0.05) is 6.54 Å². The summed E-state index contributed by atoms with van der Waals surface area (Å²) in [6.07, 6.45) is 1.67. The van der Waals surface area contributed by atoms with Crippen LogP contribution in [0.4, 0.5) is 4.79 Å². The molecule has 1 saturated carbocycles. The van der Waals surface area contributed by atoms with Crippen molar-refractivity contribution in [2.45, 2.75) is 25.3 Å². The van der Waals surface area contributed by atoms with Crippen LogP contribution in [-0.2, 0) is 9.53 Å². The zero-order valence-electron chi connectivity index (χ0n) is 8.02. The Bertz CT molecular complexity index is 285. The zero-order chi connectivity index (χ0) is 10.3. The van der Waals surface area contributed by atoms with Crippen LogP contribution in [-0.4, -0.2) is 41.8 Å². The van der Waals surface area contributed by atoms with E-state index in [9.17, 15) is 9.59 Å². The molecule has 1 atom stereocenters. The minimum absolute atomic E-state index is 0.0945. The lowest BCUT2D eigenvalue weighted by Crippen LogP contribution is -2.40. The molecule has 1 spiro atoms. The first-order valence-electron chi connectivity index (χ1n) is 4.65. The van der Waals surface area contributed by atoms with Crippen LogP contribution in [0.2, 0.25) is 0 Å². The molecule has 0 bridgehead atoms. The number of carbonyl (C=O) groups excluding carboxylic acids is 1. The normalized spacial score (nSPS) is 27.8. The molecule has 0 aromatic heterocycles. The van der Waals surface area contributed by atoms with E-state index in [1.165, 1.54) is 12.0 Å². The van der Waals surface area contributed by atoms with Crippen LogP contribution in [0.25, 0.3) is 0 Å². The Hall–Kier alpha value is -1.26. The molecule has 14 heavy (non-hydrogen) atoms. The first kappa shape index (κ1) is 9.30. The highest BCUT2D eigenvalue weighted by Gasteiger charge is 2.55. The largest absolute Gasteiger partial charge is 0.467 e. The van der Waals surface area contributed by atoms with E-state index in [1.54, 1.807) is 0 Å². The summed E-state index contributed by atoms with van der Waals surface area (Å²) in [6, 6.07) is -0.583. The van der Waals surface area contributed by atoms with Crippen molar-refractivity contribution >= 4 is 12.1 Å². The van der Waals surface area contributed by atoms with Crippen molar-refractivity contribution in [3.63, 3.8) is 0 Å². The number of amides is 1. The summed E-state index contributed by atoms with van der Waals surface area (Å²) in [7, 11) is 1.29. The van der Waals surface area contributed by atoms with Gasteiger partial charge < -0.3 is 9.84 Å². The van der Waals surface area contributed by atoms with Gasteiger partial charge in [0.25, 0.3) is 0 Å². The van der Waals surface area contributed by atoms with Crippen molar-refractivity contribution in [1.82, 2.24) is 4.90 Å². The van der Waals surface area contributed by atoms with Crippen LogP contribution >= 0.6 is 0 Å². The summed E-state index contributed by atoms with van der Waals surface area (Å²) >= 11 is 0. The van der Waals surface area contributed by atoms with Crippen LogP contribution < -0.4 is 0 Å². The zero-order valence-corrected chi connectivity index (χ0v) is 8.02. The molecule has 0 radical (unpaired) electrons. The fourth-order valence-corrected chi connectivity index (χ4v) is 2.14. The lowest BCUT2D eigenvalue weighted by atomic mass is 10.0. The maximum Gasteiger partial charge on any atom is 0.408 e. The molecule has 2 aliphatic rings. The Balaban J connectivity index is 2.13. The lowest BCUT2D eigenvalue weighted by Gasteiger charge is -2.18. The number of rotatable bonds is 1. The molecule has 1 amide bonds. The van der Waals surface area contributed by atoms with E-state index in [-0.39, 0.29) is 5.41 Å². The summed E-state index contributed by atoms with van der Waals surface area (Å²) in [5, 5.41) is 8.91. The van der Waals surface area contributed by atoms with Crippen molar-refractivity contribution in [3.8, 4) is 0 Å². The first-order chi connectivity index (χ1) is 6.58. The summed E-state index contributed by atoms with van der Waals surface area (Å²) < 4.78 is 4.59. The second-order valence-electron chi connectivity index (χ2n) is 4.15. The fraction of sp³-hybridized carbons (Fsp3) is 0.778. The lowest BCUT2D eigenvalue weighted by molar-refractivity contribution is -0.145. The number of carboxylic acid groups (broad SMARTS) is 1. The second kappa shape index (κ2) is 2.87. The van der Waals surface area contributed by atoms with Gasteiger partial charge in [-0.05, 0) is 24.7 Å². The number of methoxy groups -OCH3 is 1. The third kappa shape index (κ3) is 1.32. The van der Waals surface area contributed by atoms with Gasteiger partial charge in [-0.15, -0.1) is 0 Å². The Morgan fingerprint density at radius 3 is 2.57 bits per heavy atom. The second-order valence-corrected chi connectivity index (χ2v) is 4.15. The van der Waals surface area contributed by atoms with Gasteiger partial charge >= 0.3 is 12.1 Å². The van der Waals surface area contributed by atoms with Gasteiger partial charge in [-0.3, -0.25) is 4.90 Å². The molecule has 0 aromatic carbocycles. The Morgan fingerprint density at radius 2 is 2.14 bits per heavy atom. The summed E-state index contributed by atoms with van der Waals surface area (Å²) in [5.41, 5.74) is 0.0945. The number of carbonyl (C=O) groups is 2. The van der Waals surface area contributed by atoms with Crippen LogP contribution in [0.5, 0.6) is 0 Å². The molecule has 1 unspecified atom stereocenters. The molecule has 1 saturated heterocycles. The minimum Gasteiger partial charge on any atom is -0.467 e. The van der Waals surface area contributed by atoms with E-state index in [1.807, 2.05) is 0 Å². The summed E-state index contributed by atoms with van der Waals surface area (Å²) in [4.78, 5) is 23.4. The van der Waals surface area contributed by atoms with Gasteiger partial charge in [-0.25, -0.2) is 9.59 Å². The molecule has 1 N–H and O–H groups in total. The molecular weight excluding hydrogens is 186 g/mol. The topological polar surface area (TPSA) is 66.8 Å². The molecule has 5 nitrogen and oxygen atoms in total. The van der Waals surface area contributed by atoms with Gasteiger partial charge in [0.15, 0.2) is 0 Å². The van der Waals surface area contributed by atoms with E-state index >= 15 is 0 Å². The van der Waals surface area contributed by atoms with Crippen molar-refractivity contribution in [2.24, 2.45) is 5.41 Å². The van der Waals surface area contributed by atoms with Crippen molar-refractivity contribution in [2.75, 3.05) is 13.7 Å². The highest BCUT2D eigenvalue weighted by molar-refractivity contribution is 5.81. The predicted molar refractivity (Wildman–Crippen MR) is 46.8 cm³/mol. The summed E-state index contributed by atoms with van der Waals surface area (Å²) in [5.74, 6) is -0.434. The summed E-state index contributed by atoms with van der Waals surface area (Å²) in [6.45, 7) is 0.488. The molecule has 2 rings (SSSR count). The molecule has 1 aliphatic heterocycles. The highest BCUT2D eigenvalue weighted by atomic mass is 16.5. The molecule has 0 aromatic rings. The predicted octanol–water partition coefficient (Wildman–Crippen LogP) is 0.692. The van der Waals surface area contributed by atoms with Crippen molar-refractivity contribution < 1.29 is 19.4 Å². The molecule has 5 heteroatoms. The number of hydrogen-bond acceptors (Lipinski definition) is 3. The fourth-order valence-electron chi connectivity index (χ4n) is 2.14. The van der Waals surface area contributed by atoms with Gasteiger partial charge in [0.2, 0.25) is 0 Å². The highest BCUT2D eigenvalue weighted by Crippen LogP contribution is 2.54. The molecular formula is C9H13NO4. The number of likely N-dealkylation sites (tertiary alicyclic amines) is 1. The van der Waals surface area contributed by atoms with E-state index < -0.39 is 18.1 Å². The smallest absolute Gasteiger partial charge is 0.408 e. The Labute approximate surface area is 81.6 Å². The van der Waals surface area contributed by atoms with Gasteiger partial charge in [0.1, 0.15) is 6.04 Å². The van der Waals surface area contributed by atoms with Crippen LogP contribution in [0, 0.1) is 5.41 Å². The number of ether oxygens (including phenoxy) is 1. The van der Waals surface area contributed by atoms with Crippen LogP contribution in [0.3, 0.4) is 0 Å². The average molecular weight is 199 g/mol. The maximum absolute atomic E-state index is 11.3. The van der Waals surface area contributed by atoms with Gasteiger partial charge in [-0.2, -0.15) is 0 Å². The Kier molecular flexibility index (Phi) is 1.90. The van der Waals surface area contributed by atoms with Crippen molar-refractivity contribution in [1.29, 1.82) is 0 Å². The quantitative estimate of drug-likeness (QED) is 0.631. The minimum atomic E-state index is -1.02. The van der Waals surface area contributed by atoms with E-state index in [2.05, 4.69) is 4.74 Å². The Morgan fingerprint density at radius 1 is 1.50 bits per heavy atom. The average Bonchev–Trinajstić information content (AvgIpc) is 2.76. The van der Waals surface area contributed by atoms with Gasteiger partial charge in [0.05, 0.1) is 7.11 Å². The number of nitrogens with zero attached hydrogens (tertiary/aromatic N) is 1. The number of esters is 1. The van der Waals surface area contributed by atoms with Crippen molar-refractivity contribution in [3.05, 3.63) is 0 Å². The van der Waals surface area contributed by atoms with Gasteiger partial charge in [-0.1, -0.05) is 0 Å². The van der Waals surface area contributed by atoms with E-state index in [4.69, 9.17) is 5.11 Å². The standard InChI is InChI=1S/C9H13NO4/c1-14-7(11)6-4-9(2-3-9)5-10(6)8(12)13/h6H,2-5H2,1H3,(H,12,13). The third-order valence-electron chi connectivity index (χ3n) is 3.18. The number of hydrogen-bond donors (Lipinski definition) is 1. The molecule has 1 aliphatic carbocycles. The molecule has 78 valence electrons. The van der Waals surface area contributed by atoms with E-state index in [0.29, 0.717) is 13.0 Å². The maximum atomic E-state index is 11.3. The van der Waals surface area contributed by atoms with Crippen LogP contribution in [0.1, 0.15) is 19.3 Å². The monoisotopic (exact) mass is 199 g/mol. The molecule has 2 fully saturated rings. The molecule has 1 heterocycles. The SMILES string of the molecule is COC(=O)C1CC2(CC2)CN1C(=O)O. The first-order valence-corrected chi connectivity index (χ1v) is 4.65.